The maximum absolute atomic E-state index is 13.0. The minimum absolute atomic E-state index is 0.0493. The quantitative estimate of drug-likeness (QED) is 0.891. The van der Waals surface area contributed by atoms with E-state index in [0.29, 0.717) is 17.7 Å². The second-order valence-corrected chi connectivity index (χ2v) is 8.54. The topological polar surface area (TPSA) is 91.8 Å². The van der Waals surface area contributed by atoms with Crippen molar-refractivity contribution < 1.29 is 23.1 Å². The summed E-state index contributed by atoms with van der Waals surface area (Å²) in [6, 6.07) is 11.6. The number of aliphatic carboxylic acids is 1. The lowest BCUT2D eigenvalue weighted by Gasteiger charge is -2.33. The van der Waals surface area contributed by atoms with Crippen LogP contribution in [-0.2, 0) is 21.2 Å². The second kappa shape index (κ2) is 6.57. The van der Waals surface area contributed by atoms with Crippen molar-refractivity contribution in [3.05, 3.63) is 64.7 Å². The number of benzene rings is 2. The second-order valence-electron chi connectivity index (χ2n) is 6.52. The van der Waals surface area contributed by atoms with E-state index in [1.807, 2.05) is 6.07 Å². The molecule has 1 N–H and O–H groups in total. The van der Waals surface area contributed by atoms with Crippen molar-refractivity contribution in [3.8, 4) is 0 Å². The number of carboxylic acids is 1. The molecule has 1 aliphatic heterocycles. The van der Waals surface area contributed by atoms with E-state index in [2.05, 4.69) is 0 Å². The Morgan fingerprint density at radius 2 is 1.85 bits per heavy atom. The molecule has 7 heteroatoms. The van der Waals surface area contributed by atoms with Crippen LogP contribution >= 0.6 is 0 Å². The normalized spacial score (nSPS) is 16.8. The smallest absolute Gasteiger partial charge is 0.312 e. The van der Waals surface area contributed by atoms with Crippen molar-refractivity contribution in [2.45, 2.75) is 24.3 Å². The predicted octanol–water partition coefficient (Wildman–Crippen LogP) is 2.22. The van der Waals surface area contributed by atoms with Crippen LogP contribution in [0.4, 0.5) is 0 Å². The monoisotopic (exact) mass is 373 g/mol. The van der Waals surface area contributed by atoms with Crippen LogP contribution in [0.25, 0.3) is 0 Å². The van der Waals surface area contributed by atoms with Gasteiger partial charge in [0.2, 0.25) is 0 Å². The average molecular weight is 373 g/mol. The summed E-state index contributed by atoms with van der Waals surface area (Å²) >= 11 is 0. The minimum Gasteiger partial charge on any atom is -0.481 e. The molecule has 1 heterocycles. The molecule has 2 aromatic carbocycles. The first-order valence-corrected chi connectivity index (χ1v) is 9.98. The maximum Gasteiger partial charge on any atom is 0.312 e. The first kappa shape index (κ1) is 18.1. The van der Waals surface area contributed by atoms with Crippen LogP contribution in [0.2, 0.25) is 0 Å². The van der Waals surface area contributed by atoms with Crippen molar-refractivity contribution in [3.63, 3.8) is 0 Å². The van der Waals surface area contributed by atoms with Gasteiger partial charge in [-0.1, -0.05) is 30.3 Å². The SMILES string of the molecule is Cc1ccc(S(C)(=O)=O)cc1C(=O)N1Cc2ccccc2C(C(=O)O)C1. The Morgan fingerprint density at radius 3 is 2.50 bits per heavy atom. The van der Waals surface area contributed by atoms with Crippen LogP contribution in [0, 0.1) is 6.92 Å². The number of hydrogen-bond donors (Lipinski definition) is 1. The van der Waals surface area contributed by atoms with Gasteiger partial charge in [-0.3, -0.25) is 9.59 Å². The summed E-state index contributed by atoms with van der Waals surface area (Å²) < 4.78 is 23.6. The summed E-state index contributed by atoms with van der Waals surface area (Å²) in [5, 5.41) is 9.54. The zero-order valence-corrected chi connectivity index (χ0v) is 15.3. The van der Waals surface area contributed by atoms with Gasteiger partial charge in [0.25, 0.3) is 5.91 Å². The molecule has 0 fully saturated rings. The lowest BCUT2D eigenvalue weighted by atomic mass is 9.89. The molecule has 0 aromatic heterocycles. The Balaban J connectivity index is 2.00. The molecule has 0 spiro atoms. The molecule has 0 saturated heterocycles. The Kier molecular flexibility index (Phi) is 4.58. The van der Waals surface area contributed by atoms with Crippen LogP contribution in [-0.4, -0.2) is 43.1 Å². The highest BCUT2D eigenvalue weighted by Crippen LogP contribution is 2.30. The first-order chi connectivity index (χ1) is 12.2. The number of carboxylic acid groups (broad SMARTS) is 1. The van der Waals surface area contributed by atoms with E-state index >= 15 is 0 Å². The molecule has 6 nitrogen and oxygen atoms in total. The van der Waals surface area contributed by atoms with E-state index in [0.717, 1.165) is 11.8 Å². The third-order valence-electron chi connectivity index (χ3n) is 4.65. The Morgan fingerprint density at radius 1 is 1.15 bits per heavy atom. The van der Waals surface area contributed by atoms with E-state index in [4.69, 9.17) is 0 Å². The summed E-state index contributed by atoms with van der Waals surface area (Å²) in [6.07, 6.45) is 1.09. The highest BCUT2D eigenvalue weighted by atomic mass is 32.2. The fourth-order valence-electron chi connectivity index (χ4n) is 3.21. The zero-order valence-electron chi connectivity index (χ0n) is 14.5. The number of fused-ring (bicyclic) bond motifs is 1. The zero-order chi connectivity index (χ0) is 19.1. The molecule has 1 atom stereocenters. The van der Waals surface area contributed by atoms with Gasteiger partial charge in [-0.2, -0.15) is 0 Å². The number of nitrogens with zero attached hydrogens (tertiary/aromatic N) is 1. The third kappa shape index (κ3) is 3.35. The van der Waals surface area contributed by atoms with Gasteiger partial charge in [-0.05, 0) is 35.7 Å². The van der Waals surface area contributed by atoms with E-state index in [1.54, 1.807) is 31.2 Å². The Hall–Kier alpha value is -2.67. The molecule has 0 saturated carbocycles. The van der Waals surface area contributed by atoms with Crippen molar-refractivity contribution in [2.75, 3.05) is 12.8 Å². The van der Waals surface area contributed by atoms with Gasteiger partial charge in [-0.25, -0.2) is 8.42 Å². The minimum atomic E-state index is -3.44. The summed E-state index contributed by atoms with van der Waals surface area (Å²) in [6.45, 7) is 2.07. The van der Waals surface area contributed by atoms with Crippen molar-refractivity contribution in [1.82, 2.24) is 4.90 Å². The van der Waals surface area contributed by atoms with Gasteiger partial charge in [0.05, 0.1) is 10.8 Å². The Bertz CT molecular complexity index is 997. The highest BCUT2D eigenvalue weighted by molar-refractivity contribution is 7.90. The predicted molar refractivity (Wildman–Crippen MR) is 95.8 cm³/mol. The summed E-state index contributed by atoms with van der Waals surface area (Å²) in [5.41, 5.74) is 2.42. The van der Waals surface area contributed by atoms with Crippen molar-refractivity contribution in [1.29, 1.82) is 0 Å². The fourth-order valence-corrected chi connectivity index (χ4v) is 3.85. The number of amides is 1. The molecular formula is C19H19NO5S. The van der Waals surface area contributed by atoms with Crippen molar-refractivity contribution >= 4 is 21.7 Å². The number of aryl methyl sites for hydroxylation is 1. The Labute approximate surface area is 152 Å². The van der Waals surface area contributed by atoms with Crippen LogP contribution in [0.1, 0.15) is 33.0 Å². The number of sulfone groups is 1. The molecule has 0 aliphatic carbocycles. The molecule has 0 radical (unpaired) electrons. The average Bonchev–Trinajstić information content (AvgIpc) is 2.59. The molecule has 1 aliphatic rings. The standard InChI is InChI=1S/C19H19NO5S/c1-12-7-8-14(26(2,24)25)9-16(12)18(21)20-10-13-5-3-4-6-15(13)17(11-20)19(22)23/h3-9,17H,10-11H2,1-2H3,(H,22,23). The molecule has 0 bridgehead atoms. The van der Waals surface area contributed by atoms with Gasteiger partial charge in [0, 0.05) is 24.9 Å². The largest absolute Gasteiger partial charge is 0.481 e. The maximum atomic E-state index is 13.0. The van der Waals surface area contributed by atoms with Gasteiger partial charge >= 0.3 is 5.97 Å². The fraction of sp³-hybridized carbons (Fsp3) is 0.263. The van der Waals surface area contributed by atoms with Crippen LogP contribution in [0.5, 0.6) is 0 Å². The van der Waals surface area contributed by atoms with Gasteiger partial charge in [-0.15, -0.1) is 0 Å². The summed E-state index contributed by atoms with van der Waals surface area (Å²) in [7, 11) is -3.44. The van der Waals surface area contributed by atoms with Gasteiger partial charge in [0.15, 0.2) is 9.84 Å². The third-order valence-corrected chi connectivity index (χ3v) is 5.76. The lowest BCUT2D eigenvalue weighted by Crippen LogP contribution is -2.40. The van der Waals surface area contributed by atoms with Gasteiger partial charge in [0.1, 0.15) is 0 Å². The number of carbonyl (C=O) groups is 2. The molecule has 3 rings (SSSR count). The lowest BCUT2D eigenvalue weighted by molar-refractivity contribution is -0.139. The van der Waals surface area contributed by atoms with E-state index in [-0.39, 0.29) is 22.9 Å². The van der Waals surface area contributed by atoms with Crippen LogP contribution < -0.4 is 0 Å². The number of hydrogen-bond acceptors (Lipinski definition) is 4. The van der Waals surface area contributed by atoms with Crippen LogP contribution in [0.15, 0.2) is 47.4 Å². The molecule has 1 unspecified atom stereocenters. The van der Waals surface area contributed by atoms with E-state index in [9.17, 15) is 23.1 Å². The number of rotatable bonds is 3. The molecule has 1 amide bonds. The molecule has 2 aromatic rings. The van der Waals surface area contributed by atoms with Crippen molar-refractivity contribution in [2.24, 2.45) is 0 Å². The molecule has 26 heavy (non-hydrogen) atoms. The first-order valence-electron chi connectivity index (χ1n) is 8.09. The van der Waals surface area contributed by atoms with E-state index in [1.165, 1.54) is 17.0 Å². The summed E-state index contributed by atoms with van der Waals surface area (Å²) in [5.74, 6) is -2.16. The van der Waals surface area contributed by atoms with Crippen LogP contribution in [0.3, 0.4) is 0 Å². The van der Waals surface area contributed by atoms with E-state index < -0.39 is 21.7 Å². The van der Waals surface area contributed by atoms with Gasteiger partial charge < -0.3 is 10.0 Å². The summed E-state index contributed by atoms with van der Waals surface area (Å²) in [4.78, 5) is 26.2. The highest BCUT2D eigenvalue weighted by Gasteiger charge is 2.33. The number of carbonyl (C=O) groups excluding carboxylic acids is 1. The molecule has 136 valence electrons. The molecular weight excluding hydrogens is 354 g/mol.